The first-order chi connectivity index (χ1) is 13.2. The van der Waals surface area contributed by atoms with E-state index < -0.39 is 0 Å². The minimum absolute atomic E-state index is 0.241. The van der Waals surface area contributed by atoms with Crippen molar-refractivity contribution in [3.8, 4) is 0 Å². The maximum absolute atomic E-state index is 5.05. The standard InChI is InChI=1S/C22H25N5/c1-16-10-11-18(15-17-7-3-4-12-23-17)26-21(16)19-8-5-9-20(27(19)2)22-24-13-6-14-25-22/h3-4,6-7,10-14,19-20H,5,8-9,15H2,1-2H3/t19-,20+/m1/s1. The van der Waals surface area contributed by atoms with Crippen molar-refractivity contribution in [3.63, 3.8) is 0 Å². The van der Waals surface area contributed by atoms with Gasteiger partial charge in [-0.3, -0.25) is 14.9 Å². The number of hydrogen-bond donors (Lipinski definition) is 0. The Morgan fingerprint density at radius 1 is 0.889 bits per heavy atom. The van der Waals surface area contributed by atoms with Crippen LogP contribution < -0.4 is 0 Å². The van der Waals surface area contributed by atoms with Crippen molar-refractivity contribution in [3.05, 3.63) is 83.5 Å². The fourth-order valence-electron chi connectivity index (χ4n) is 3.96. The van der Waals surface area contributed by atoms with Gasteiger partial charge in [-0.1, -0.05) is 12.1 Å². The van der Waals surface area contributed by atoms with E-state index in [-0.39, 0.29) is 12.1 Å². The number of likely N-dealkylation sites (tertiary alicyclic amines) is 1. The summed E-state index contributed by atoms with van der Waals surface area (Å²) in [6.07, 6.45) is 9.61. The monoisotopic (exact) mass is 359 g/mol. The van der Waals surface area contributed by atoms with Gasteiger partial charge in [0.15, 0.2) is 0 Å². The quantitative estimate of drug-likeness (QED) is 0.703. The first-order valence-electron chi connectivity index (χ1n) is 9.57. The predicted molar refractivity (Wildman–Crippen MR) is 105 cm³/mol. The summed E-state index contributed by atoms with van der Waals surface area (Å²) in [7, 11) is 2.18. The fraction of sp³-hybridized carbons (Fsp3) is 0.364. The Bertz CT molecular complexity index is 882. The van der Waals surface area contributed by atoms with Crippen molar-refractivity contribution < 1.29 is 0 Å². The molecule has 1 fully saturated rings. The second-order valence-electron chi connectivity index (χ2n) is 7.24. The van der Waals surface area contributed by atoms with Gasteiger partial charge in [0.05, 0.1) is 17.8 Å². The van der Waals surface area contributed by atoms with Crippen molar-refractivity contribution in [2.75, 3.05) is 7.05 Å². The molecular weight excluding hydrogens is 334 g/mol. The highest BCUT2D eigenvalue weighted by atomic mass is 15.2. The van der Waals surface area contributed by atoms with Gasteiger partial charge in [0.1, 0.15) is 5.82 Å². The molecule has 1 aliphatic rings. The van der Waals surface area contributed by atoms with Crippen LogP contribution in [0.3, 0.4) is 0 Å². The molecule has 0 saturated carbocycles. The van der Waals surface area contributed by atoms with Crippen molar-refractivity contribution in [2.45, 2.75) is 44.7 Å². The van der Waals surface area contributed by atoms with Gasteiger partial charge in [-0.25, -0.2) is 9.97 Å². The van der Waals surface area contributed by atoms with Crippen LogP contribution in [0.5, 0.6) is 0 Å². The van der Waals surface area contributed by atoms with E-state index in [4.69, 9.17) is 4.98 Å². The zero-order chi connectivity index (χ0) is 18.6. The van der Waals surface area contributed by atoms with Gasteiger partial charge in [0.25, 0.3) is 0 Å². The third-order valence-electron chi connectivity index (χ3n) is 5.42. The SMILES string of the molecule is Cc1ccc(Cc2ccccn2)nc1[C@H]1CCC[C@@H](c2ncccn2)N1C. The van der Waals surface area contributed by atoms with Gasteiger partial charge >= 0.3 is 0 Å². The zero-order valence-electron chi connectivity index (χ0n) is 15.9. The summed E-state index contributed by atoms with van der Waals surface area (Å²) in [5.74, 6) is 0.909. The predicted octanol–water partition coefficient (Wildman–Crippen LogP) is 4.06. The van der Waals surface area contributed by atoms with Crippen LogP contribution in [-0.4, -0.2) is 31.9 Å². The van der Waals surface area contributed by atoms with Gasteiger partial charge < -0.3 is 0 Å². The van der Waals surface area contributed by atoms with E-state index in [1.165, 1.54) is 11.3 Å². The molecule has 1 saturated heterocycles. The van der Waals surface area contributed by atoms with Crippen molar-refractivity contribution >= 4 is 0 Å². The molecule has 0 bridgehead atoms. The Morgan fingerprint density at radius 2 is 1.67 bits per heavy atom. The minimum Gasteiger partial charge on any atom is -0.288 e. The second-order valence-corrected chi connectivity index (χ2v) is 7.24. The fourth-order valence-corrected chi connectivity index (χ4v) is 3.96. The molecule has 0 spiro atoms. The Labute approximate surface area is 160 Å². The maximum Gasteiger partial charge on any atom is 0.145 e. The Morgan fingerprint density at radius 3 is 2.44 bits per heavy atom. The number of piperidine rings is 1. The highest BCUT2D eigenvalue weighted by Crippen LogP contribution is 2.39. The number of pyridine rings is 2. The molecular formula is C22H25N5. The maximum atomic E-state index is 5.05. The number of rotatable bonds is 4. The van der Waals surface area contributed by atoms with Crippen molar-refractivity contribution in [2.24, 2.45) is 0 Å². The summed E-state index contributed by atoms with van der Waals surface area (Å²) in [6.45, 7) is 2.16. The highest BCUT2D eigenvalue weighted by Gasteiger charge is 2.32. The van der Waals surface area contributed by atoms with Gasteiger partial charge in [-0.05, 0) is 63.1 Å². The van der Waals surface area contributed by atoms with Crippen LogP contribution in [0, 0.1) is 6.92 Å². The van der Waals surface area contributed by atoms with Crippen LogP contribution in [0.4, 0.5) is 0 Å². The Hall–Kier alpha value is -2.66. The molecule has 0 amide bonds. The summed E-state index contributed by atoms with van der Waals surface area (Å²) in [6, 6.07) is 12.7. The van der Waals surface area contributed by atoms with Crippen molar-refractivity contribution in [1.82, 2.24) is 24.8 Å². The van der Waals surface area contributed by atoms with Gasteiger partial charge in [0.2, 0.25) is 0 Å². The van der Waals surface area contributed by atoms with Crippen LogP contribution in [0.1, 0.15) is 59.8 Å². The molecule has 5 nitrogen and oxygen atoms in total. The third kappa shape index (κ3) is 3.88. The first-order valence-corrected chi connectivity index (χ1v) is 9.57. The number of aryl methyl sites for hydroxylation is 1. The topological polar surface area (TPSA) is 54.8 Å². The van der Waals surface area contributed by atoms with Crippen LogP contribution in [0.2, 0.25) is 0 Å². The molecule has 4 rings (SSSR count). The third-order valence-corrected chi connectivity index (χ3v) is 5.42. The average Bonchev–Trinajstić information content (AvgIpc) is 2.71. The van der Waals surface area contributed by atoms with E-state index >= 15 is 0 Å². The van der Waals surface area contributed by atoms with E-state index in [1.807, 2.05) is 36.8 Å². The highest BCUT2D eigenvalue weighted by molar-refractivity contribution is 5.27. The van der Waals surface area contributed by atoms with Crippen LogP contribution in [-0.2, 0) is 6.42 Å². The van der Waals surface area contributed by atoms with Gasteiger partial charge in [-0.15, -0.1) is 0 Å². The number of aromatic nitrogens is 4. The van der Waals surface area contributed by atoms with E-state index in [9.17, 15) is 0 Å². The zero-order valence-corrected chi connectivity index (χ0v) is 15.9. The molecule has 3 aromatic heterocycles. The van der Waals surface area contributed by atoms with Crippen LogP contribution in [0.15, 0.2) is 55.0 Å². The minimum atomic E-state index is 0.241. The molecule has 0 aromatic carbocycles. The lowest BCUT2D eigenvalue weighted by molar-refractivity contribution is 0.106. The first kappa shape index (κ1) is 17.7. The van der Waals surface area contributed by atoms with E-state index in [2.05, 4.69) is 52.0 Å². The van der Waals surface area contributed by atoms with Gasteiger partial charge in [0, 0.05) is 36.4 Å². The number of nitrogens with zero attached hydrogens (tertiary/aromatic N) is 5. The Kier molecular flexibility index (Phi) is 5.21. The molecule has 3 aromatic rings. The summed E-state index contributed by atoms with van der Waals surface area (Å²) in [5.41, 5.74) is 4.53. The van der Waals surface area contributed by atoms with E-state index in [0.29, 0.717) is 0 Å². The normalized spacial score (nSPS) is 20.5. The summed E-state index contributed by atoms with van der Waals surface area (Å²) >= 11 is 0. The number of hydrogen-bond acceptors (Lipinski definition) is 5. The van der Waals surface area contributed by atoms with E-state index in [0.717, 1.165) is 42.9 Å². The molecule has 0 aliphatic carbocycles. The second kappa shape index (κ2) is 7.92. The molecule has 138 valence electrons. The lowest BCUT2D eigenvalue weighted by Gasteiger charge is -2.39. The molecule has 27 heavy (non-hydrogen) atoms. The lowest BCUT2D eigenvalue weighted by atomic mass is 9.91. The van der Waals surface area contributed by atoms with Crippen LogP contribution >= 0.6 is 0 Å². The molecule has 0 N–H and O–H groups in total. The van der Waals surface area contributed by atoms with Crippen LogP contribution in [0.25, 0.3) is 0 Å². The molecule has 5 heteroatoms. The molecule has 0 unspecified atom stereocenters. The van der Waals surface area contributed by atoms with E-state index in [1.54, 1.807) is 0 Å². The largest absolute Gasteiger partial charge is 0.288 e. The van der Waals surface area contributed by atoms with Crippen molar-refractivity contribution in [1.29, 1.82) is 0 Å². The summed E-state index contributed by atoms with van der Waals surface area (Å²) in [5, 5.41) is 0. The molecule has 0 radical (unpaired) electrons. The Balaban J connectivity index is 1.61. The summed E-state index contributed by atoms with van der Waals surface area (Å²) in [4.78, 5) is 20.9. The molecule has 2 atom stereocenters. The van der Waals surface area contributed by atoms with Gasteiger partial charge in [-0.2, -0.15) is 0 Å². The average molecular weight is 359 g/mol. The molecule has 4 heterocycles. The molecule has 1 aliphatic heterocycles. The summed E-state index contributed by atoms with van der Waals surface area (Å²) < 4.78 is 0. The lowest BCUT2D eigenvalue weighted by Crippen LogP contribution is -2.35. The smallest absolute Gasteiger partial charge is 0.145 e.